The van der Waals surface area contributed by atoms with Gasteiger partial charge in [-0.05, 0) is 43.4 Å². The number of carbonyl (C=O) groups excluding carboxylic acids is 2. The molecule has 1 aliphatic carbocycles. The summed E-state index contributed by atoms with van der Waals surface area (Å²) in [5, 5.41) is 5.17. The lowest BCUT2D eigenvalue weighted by Crippen LogP contribution is -2.49. The molecule has 0 radical (unpaired) electrons. The highest BCUT2D eigenvalue weighted by Crippen LogP contribution is 2.45. The van der Waals surface area contributed by atoms with Gasteiger partial charge in [-0.25, -0.2) is 9.37 Å². The number of aromatic nitrogens is 2. The summed E-state index contributed by atoms with van der Waals surface area (Å²) in [5.41, 5.74) is -0.600. The van der Waals surface area contributed by atoms with Crippen molar-refractivity contribution in [2.24, 2.45) is 0 Å². The topological polar surface area (TPSA) is 112 Å². The number of fused-ring (bicyclic) bond motifs is 2. The molecule has 2 heterocycles. The first-order chi connectivity index (χ1) is 16.4. The summed E-state index contributed by atoms with van der Waals surface area (Å²) >= 11 is 0. The molecule has 1 fully saturated rings. The highest BCUT2D eigenvalue weighted by Gasteiger charge is 2.46. The Morgan fingerprint density at radius 2 is 2.09 bits per heavy atom. The zero-order valence-electron chi connectivity index (χ0n) is 19.4. The predicted molar refractivity (Wildman–Crippen MR) is 121 cm³/mol. The molecule has 4 rings (SSSR count). The van der Waals surface area contributed by atoms with Crippen LogP contribution in [0.3, 0.4) is 0 Å². The van der Waals surface area contributed by atoms with Gasteiger partial charge in [0.25, 0.3) is 17.4 Å². The number of ether oxygens (including phenoxy) is 2. The normalized spacial score (nSPS) is 15.9. The van der Waals surface area contributed by atoms with Crippen molar-refractivity contribution in [1.29, 1.82) is 0 Å². The zero-order chi connectivity index (χ0) is 24.3. The van der Waals surface area contributed by atoms with E-state index in [-0.39, 0.29) is 30.2 Å². The van der Waals surface area contributed by atoms with Crippen molar-refractivity contribution in [3.8, 4) is 5.75 Å². The molecule has 0 saturated heterocycles. The van der Waals surface area contributed by atoms with Gasteiger partial charge in [-0.2, -0.15) is 0 Å². The van der Waals surface area contributed by atoms with E-state index in [4.69, 9.17) is 9.47 Å². The first-order valence-corrected chi connectivity index (χ1v) is 11.6. The van der Waals surface area contributed by atoms with Crippen molar-refractivity contribution >= 4 is 11.8 Å². The van der Waals surface area contributed by atoms with Crippen molar-refractivity contribution < 1.29 is 23.5 Å². The second kappa shape index (κ2) is 9.92. The summed E-state index contributed by atoms with van der Waals surface area (Å²) in [6.07, 6.45) is 4.02. The lowest BCUT2D eigenvalue weighted by atomic mass is 9.78. The minimum atomic E-state index is -0.641. The number of nitrogens with one attached hydrogen (secondary N) is 2. The van der Waals surface area contributed by atoms with E-state index >= 15 is 0 Å². The summed E-state index contributed by atoms with van der Waals surface area (Å²) in [7, 11) is 1.44. The molecule has 2 aromatic rings. The van der Waals surface area contributed by atoms with Gasteiger partial charge in [-0.3, -0.25) is 19.0 Å². The molecule has 0 unspecified atom stereocenters. The van der Waals surface area contributed by atoms with Crippen molar-refractivity contribution in [2.75, 3.05) is 20.3 Å². The van der Waals surface area contributed by atoms with Crippen LogP contribution in [0.25, 0.3) is 0 Å². The Balaban J connectivity index is 1.67. The van der Waals surface area contributed by atoms with Crippen LogP contribution in [0, 0.1) is 5.82 Å². The Morgan fingerprint density at radius 1 is 1.29 bits per heavy atom. The predicted octanol–water partition coefficient (Wildman–Crippen LogP) is 2.26. The van der Waals surface area contributed by atoms with Crippen molar-refractivity contribution in [1.82, 2.24) is 20.2 Å². The number of benzene rings is 1. The summed E-state index contributed by atoms with van der Waals surface area (Å²) in [6, 6.07) is 3.76. The van der Waals surface area contributed by atoms with Gasteiger partial charge in [0.15, 0.2) is 5.69 Å². The third-order valence-corrected chi connectivity index (χ3v) is 6.33. The number of amides is 2. The van der Waals surface area contributed by atoms with Crippen molar-refractivity contribution in [2.45, 2.75) is 57.7 Å². The van der Waals surface area contributed by atoms with Crippen LogP contribution >= 0.6 is 0 Å². The van der Waals surface area contributed by atoms with E-state index in [1.54, 1.807) is 4.57 Å². The van der Waals surface area contributed by atoms with E-state index in [0.29, 0.717) is 24.5 Å². The fourth-order valence-corrected chi connectivity index (χ4v) is 4.27. The van der Waals surface area contributed by atoms with Crippen LogP contribution < -0.4 is 20.9 Å². The average Bonchev–Trinajstić information content (AvgIpc) is 2.82. The summed E-state index contributed by atoms with van der Waals surface area (Å²) in [4.78, 5) is 43.3. The second-order valence-electron chi connectivity index (χ2n) is 8.53. The lowest BCUT2D eigenvalue weighted by Gasteiger charge is -2.44. The van der Waals surface area contributed by atoms with Gasteiger partial charge in [-0.1, -0.05) is 19.4 Å². The Bertz CT molecular complexity index is 1160. The molecule has 1 aliphatic heterocycles. The van der Waals surface area contributed by atoms with Gasteiger partial charge < -0.3 is 20.1 Å². The largest absolute Gasteiger partial charge is 0.486 e. The first-order valence-electron chi connectivity index (χ1n) is 11.6. The minimum Gasteiger partial charge on any atom is -0.486 e. The average molecular weight is 473 g/mol. The molecule has 34 heavy (non-hydrogen) atoms. The second-order valence-corrected chi connectivity index (χ2v) is 8.53. The maximum atomic E-state index is 13.7. The number of carbonyl (C=O) groups is 2. The third kappa shape index (κ3) is 4.42. The van der Waals surface area contributed by atoms with E-state index in [9.17, 15) is 18.8 Å². The van der Waals surface area contributed by atoms with Crippen LogP contribution in [-0.4, -0.2) is 41.6 Å². The molecule has 9 nitrogen and oxygen atoms in total. The maximum Gasteiger partial charge on any atom is 0.296 e. The zero-order valence-corrected chi connectivity index (χ0v) is 19.4. The molecule has 1 aromatic carbocycles. The SMILES string of the molecule is CCCCOc1c(C(=O)NCc2ccc(F)cc2C(=O)NC)nc2n(c1=O)CCOC21CCC1. The summed E-state index contributed by atoms with van der Waals surface area (Å²) in [6.45, 7) is 2.98. The Labute approximate surface area is 196 Å². The number of hydrogen-bond donors (Lipinski definition) is 2. The molecule has 1 aromatic heterocycles. The quantitative estimate of drug-likeness (QED) is 0.570. The van der Waals surface area contributed by atoms with Crippen LogP contribution in [0.4, 0.5) is 4.39 Å². The van der Waals surface area contributed by atoms with Gasteiger partial charge in [0.1, 0.15) is 17.2 Å². The highest BCUT2D eigenvalue weighted by atomic mass is 19.1. The number of hydrogen-bond acceptors (Lipinski definition) is 6. The van der Waals surface area contributed by atoms with Crippen LogP contribution in [-0.2, 0) is 23.4 Å². The third-order valence-electron chi connectivity index (χ3n) is 6.33. The Morgan fingerprint density at radius 3 is 2.76 bits per heavy atom. The molecule has 1 saturated carbocycles. The van der Waals surface area contributed by atoms with Crippen molar-refractivity contribution in [3.05, 3.63) is 57.0 Å². The molecule has 2 aliphatic rings. The van der Waals surface area contributed by atoms with Gasteiger partial charge in [0, 0.05) is 19.2 Å². The van der Waals surface area contributed by atoms with Gasteiger partial charge in [-0.15, -0.1) is 0 Å². The Kier molecular flexibility index (Phi) is 6.97. The van der Waals surface area contributed by atoms with E-state index < -0.39 is 28.8 Å². The van der Waals surface area contributed by atoms with E-state index in [1.165, 1.54) is 19.2 Å². The molecular weight excluding hydrogens is 443 g/mol. The lowest BCUT2D eigenvalue weighted by molar-refractivity contribution is -0.134. The molecule has 2 N–H and O–H groups in total. The monoisotopic (exact) mass is 472 g/mol. The molecule has 0 bridgehead atoms. The Hall–Kier alpha value is -3.27. The number of rotatable bonds is 8. The molecule has 182 valence electrons. The van der Waals surface area contributed by atoms with Gasteiger partial charge >= 0.3 is 0 Å². The number of halogens is 1. The van der Waals surface area contributed by atoms with Gasteiger partial charge in [0.05, 0.1) is 19.8 Å². The van der Waals surface area contributed by atoms with E-state index in [0.717, 1.165) is 38.2 Å². The fraction of sp³-hybridized carbons (Fsp3) is 0.500. The minimum absolute atomic E-state index is 0.0575. The highest BCUT2D eigenvalue weighted by molar-refractivity contribution is 5.97. The fourth-order valence-electron chi connectivity index (χ4n) is 4.27. The summed E-state index contributed by atoms with van der Waals surface area (Å²) < 4.78 is 27.0. The van der Waals surface area contributed by atoms with E-state index in [1.807, 2.05) is 6.92 Å². The molecule has 2 amide bonds. The molecular formula is C24H29FN4O5. The number of nitrogens with zero attached hydrogens (tertiary/aromatic N) is 2. The van der Waals surface area contributed by atoms with Crippen LogP contribution in [0.5, 0.6) is 5.75 Å². The maximum absolute atomic E-state index is 13.7. The van der Waals surface area contributed by atoms with Crippen LogP contribution in [0.15, 0.2) is 23.0 Å². The first kappa shape index (κ1) is 23.9. The van der Waals surface area contributed by atoms with E-state index in [2.05, 4.69) is 15.6 Å². The van der Waals surface area contributed by atoms with Gasteiger partial charge in [0.2, 0.25) is 5.75 Å². The molecule has 10 heteroatoms. The number of unbranched alkanes of at least 4 members (excludes halogenated alkanes) is 1. The van der Waals surface area contributed by atoms with Crippen LogP contribution in [0.2, 0.25) is 0 Å². The standard InChI is InChI=1S/C24H29FN4O5/c1-3-4-11-33-19-18(28-23-24(8-5-9-24)34-12-10-29(23)22(19)32)21(31)27-14-15-6-7-16(25)13-17(15)20(30)26-2/h6-7,13H,3-5,8-12,14H2,1-2H3,(H,26,30)(H,27,31). The smallest absolute Gasteiger partial charge is 0.296 e. The van der Waals surface area contributed by atoms with Crippen LogP contribution in [0.1, 0.15) is 71.3 Å². The summed E-state index contributed by atoms with van der Waals surface area (Å²) in [5.74, 6) is -1.27. The molecule has 1 spiro atoms. The van der Waals surface area contributed by atoms with Crippen molar-refractivity contribution in [3.63, 3.8) is 0 Å². The molecule has 0 atom stereocenters.